The lowest BCUT2D eigenvalue weighted by molar-refractivity contribution is -0.129. The molecule has 6 heteroatoms. The van der Waals surface area contributed by atoms with Gasteiger partial charge in [-0.05, 0) is 35.4 Å². The molecule has 1 amide bonds. The highest BCUT2D eigenvalue weighted by atomic mass is 35.5. The molecule has 3 rings (SSSR count). The van der Waals surface area contributed by atoms with Crippen LogP contribution in [0.15, 0.2) is 72.9 Å². The van der Waals surface area contributed by atoms with Crippen molar-refractivity contribution >= 4 is 29.1 Å². The van der Waals surface area contributed by atoms with Crippen molar-refractivity contribution in [3.05, 3.63) is 99.8 Å². The van der Waals surface area contributed by atoms with Gasteiger partial charge in [0, 0.05) is 19.8 Å². The third-order valence-corrected chi connectivity index (χ3v) is 5.14. The van der Waals surface area contributed by atoms with Gasteiger partial charge >= 0.3 is 0 Å². The van der Waals surface area contributed by atoms with Gasteiger partial charge in [-0.3, -0.25) is 15.1 Å². The molecular weight excluding hydrogens is 393 g/mol. The van der Waals surface area contributed by atoms with Crippen molar-refractivity contribution in [2.45, 2.75) is 12.6 Å². The molecule has 0 aliphatic heterocycles. The largest absolute Gasteiger partial charge is 0.340 e. The highest BCUT2D eigenvalue weighted by Crippen LogP contribution is 2.23. The Kier molecular flexibility index (Phi) is 7.04. The number of benzene rings is 2. The van der Waals surface area contributed by atoms with E-state index >= 15 is 0 Å². The summed E-state index contributed by atoms with van der Waals surface area (Å²) in [7, 11) is 1.77. The maximum atomic E-state index is 12.7. The zero-order valence-electron chi connectivity index (χ0n) is 15.5. The van der Waals surface area contributed by atoms with Gasteiger partial charge in [-0.15, -0.1) is 0 Å². The molecule has 0 saturated carbocycles. The van der Waals surface area contributed by atoms with Gasteiger partial charge < -0.3 is 4.90 Å². The highest BCUT2D eigenvalue weighted by Gasteiger charge is 2.17. The number of nitrogens with zero attached hydrogens (tertiary/aromatic N) is 2. The molecule has 0 bridgehead atoms. The number of aromatic nitrogens is 1. The molecule has 0 spiro atoms. The summed E-state index contributed by atoms with van der Waals surface area (Å²) >= 11 is 12.0. The van der Waals surface area contributed by atoms with Crippen LogP contribution in [0.3, 0.4) is 0 Å². The van der Waals surface area contributed by atoms with Gasteiger partial charge in [-0.1, -0.05) is 65.7 Å². The van der Waals surface area contributed by atoms with E-state index in [-0.39, 0.29) is 18.5 Å². The zero-order valence-corrected chi connectivity index (χ0v) is 17.0. The second kappa shape index (κ2) is 9.69. The molecule has 1 atom stereocenters. The van der Waals surface area contributed by atoms with E-state index in [1.807, 2.05) is 54.6 Å². The summed E-state index contributed by atoms with van der Waals surface area (Å²) in [5.41, 5.74) is 2.85. The van der Waals surface area contributed by atoms with Gasteiger partial charge in [-0.25, -0.2) is 0 Å². The molecule has 144 valence electrons. The lowest BCUT2D eigenvalue weighted by Crippen LogP contribution is -2.37. The molecule has 28 heavy (non-hydrogen) atoms. The van der Waals surface area contributed by atoms with Gasteiger partial charge in [-0.2, -0.15) is 0 Å². The predicted octanol–water partition coefficient (Wildman–Crippen LogP) is 4.73. The summed E-state index contributed by atoms with van der Waals surface area (Å²) in [5.74, 6) is -0.0251. The maximum absolute atomic E-state index is 12.7. The molecule has 0 fully saturated rings. The van der Waals surface area contributed by atoms with Gasteiger partial charge in [0.25, 0.3) is 0 Å². The van der Waals surface area contributed by atoms with E-state index in [4.69, 9.17) is 23.2 Å². The van der Waals surface area contributed by atoms with Crippen molar-refractivity contribution in [2.75, 3.05) is 13.6 Å². The van der Waals surface area contributed by atoms with Crippen LogP contribution in [-0.4, -0.2) is 29.4 Å². The Morgan fingerprint density at radius 1 is 1.04 bits per heavy atom. The quantitative estimate of drug-likeness (QED) is 0.608. The first-order chi connectivity index (χ1) is 13.5. The first kappa shape index (κ1) is 20.3. The average molecular weight is 414 g/mol. The molecule has 1 aromatic heterocycles. The Balaban J connectivity index is 1.67. The number of pyridine rings is 1. The summed E-state index contributed by atoms with van der Waals surface area (Å²) in [6.07, 6.45) is 1.76. The fourth-order valence-corrected chi connectivity index (χ4v) is 3.23. The van der Waals surface area contributed by atoms with Crippen molar-refractivity contribution in [3.8, 4) is 0 Å². The minimum absolute atomic E-state index is 0.0251. The van der Waals surface area contributed by atoms with Gasteiger partial charge in [0.05, 0.1) is 28.3 Å². The molecule has 0 saturated heterocycles. The molecule has 1 N–H and O–H groups in total. The maximum Gasteiger partial charge on any atom is 0.236 e. The van der Waals surface area contributed by atoms with E-state index in [1.165, 1.54) is 0 Å². The Labute approximate surface area is 175 Å². The van der Waals surface area contributed by atoms with Crippen LogP contribution in [0.5, 0.6) is 0 Å². The number of halogens is 2. The summed E-state index contributed by atoms with van der Waals surface area (Å²) in [4.78, 5) is 18.8. The van der Waals surface area contributed by atoms with Crippen LogP contribution in [-0.2, 0) is 11.3 Å². The van der Waals surface area contributed by atoms with E-state index < -0.39 is 0 Å². The van der Waals surface area contributed by atoms with Crippen LogP contribution in [0.4, 0.5) is 0 Å². The molecule has 1 heterocycles. The number of amides is 1. The number of hydrogen-bond acceptors (Lipinski definition) is 3. The fourth-order valence-electron chi connectivity index (χ4n) is 2.91. The number of rotatable bonds is 7. The Morgan fingerprint density at radius 2 is 1.79 bits per heavy atom. The average Bonchev–Trinajstić information content (AvgIpc) is 2.72. The lowest BCUT2D eigenvalue weighted by Gasteiger charge is -2.22. The molecule has 1 unspecified atom stereocenters. The fraction of sp³-hybridized carbons (Fsp3) is 0.182. The Morgan fingerprint density at radius 3 is 2.46 bits per heavy atom. The SMILES string of the molecule is CN(Cc1ccc(Cl)c(Cl)c1)C(=O)CNC(c1ccccc1)c1ccccn1. The standard InChI is InChI=1S/C22H21Cl2N3O/c1-27(15-16-10-11-18(23)19(24)13-16)21(28)14-26-22(17-7-3-2-4-8-17)20-9-5-6-12-25-20/h2-13,22,26H,14-15H2,1H3. The number of nitrogens with one attached hydrogen (secondary N) is 1. The van der Waals surface area contributed by atoms with Gasteiger partial charge in [0.2, 0.25) is 5.91 Å². The van der Waals surface area contributed by atoms with E-state index in [2.05, 4.69) is 10.3 Å². The Bertz CT molecular complexity index is 880. The second-order valence-electron chi connectivity index (χ2n) is 6.48. The molecule has 0 aliphatic rings. The first-order valence-electron chi connectivity index (χ1n) is 8.92. The molecule has 0 radical (unpaired) electrons. The smallest absolute Gasteiger partial charge is 0.236 e. The number of likely N-dealkylation sites (N-methyl/N-ethyl adjacent to an activating group) is 1. The van der Waals surface area contributed by atoms with Crippen molar-refractivity contribution < 1.29 is 4.79 Å². The molecule has 4 nitrogen and oxygen atoms in total. The molecular formula is C22H21Cl2N3O. The summed E-state index contributed by atoms with van der Waals surface area (Å²) < 4.78 is 0. The number of hydrogen-bond donors (Lipinski definition) is 1. The Hall–Kier alpha value is -2.40. The van der Waals surface area contributed by atoms with Crippen LogP contribution < -0.4 is 5.32 Å². The van der Waals surface area contributed by atoms with Crippen LogP contribution >= 0.6 is 23.2 Å². The molecule has 0 aliphatic carbocycles. The van der Waals surface area contributed by atoms with Gasteiger partial charge in [0.15, 0.2) is 0 Å². The third kappa shape index (κ3) is 5.32. The highest BCUT2D eigenvalue weighted by molar-refractivity contribution is 6.42. The van der Waals surface area contributed by atoms with E-state index in [9.17, 15) is 4.79 Å². The topological polar surface area (TPSA) is 45.2 Å². The van der Waals surface area contributed by atoms with E-state index in [0.29, 0.717) is 16.6 Å². The van der Waals surface area contributed by atoms with Crippen molar-refractivity contribution in [2.24, 2.45) is 0 Å². The molecule has 3 aromatic rings. The third-order valence-electron chi connectivity index (χ3n) is 4.40. The minimum atomic E-state index is -0.162. The van der Waals surface area contributed by atoms with Crippen LogP contribution in [0.1, 0.15) is 22.9 Å². The number of carbonyl (C=O) groups is 1. The monoisotopic (exact) mass is 413 g/mol. The van der Waals surface area contributed by atoms with Crippen LogP contribution in [0.2, 0.25) is 10.0 Å². The first-order valence-corrected chi connectivity index (χ1v) is 9.67. The van der Waals surface area contributed by atoms with E-state index in [1.54, 1.807) is 30.3 Å². The van der Waals surface area contributed by atoms with Crippen molar-refractivity contribution in [1.29, 1.82) is 0 Å². The summed E-state index contributed by atoms with van der Waals surface area (Å²) in [5, 5.41) is 4.32. The predicted molar refractivity (Wildman–Crippen MR) is 113 cm³/mol. The zero-order chi connectivity index (χ0) is 19.9. The van der Waals surface area contributed by atoms with Crippen molar-refractivity contribution in [3.63, 3.8) is 0 Å². The lowest BCUT2D eigenvalue weighted by atomic mass is 10.0. The summed E-state index contributed by atoms with van der Waals surface area (Å²) in [6, 6.07) is 21.0. The van der Waals surface area contributed by atoms with E-state index in [0.717, 1.165) is 16.8 Å². The number of carbonyl (C=O) groups excluding carboxylic acids is 1. The second-order valence-corrected chi connectivity index (χ2v) is 7.29. The molecule has 2 aromatic carbocycles. The van der Waals surface area contributed by atoms with Crippen molar-refractivity contribution in [1.82, 2.24) is 15.2 Å². The summed E-state index contributed by atoms with van der Waals surface area (Å²) in [6.45, 7) is 0.644. The van der Waals surface area contributed by atoms with Crippen LogP contribution in [0, 0.1) is 0 Å². The van der Waals surface area contributed by atoms with Crippen LogP contribution in [0.25, 0.3) is 0 Å². The van der Waals surface area contributed by atoms with Gasteiger partial charge in [0.1, 0.15) is 0 Å². The normalized spacial score (nSPS) is 11.8. The minimum Gasteiger partial charge on any atom is -0.340 e.